The van der Waals surface area contributed by atoms with E-state index >= 15 is 0 Å². The number of aryl methyl sites for hydroxylation is 1. The zero-order chi connectivity index (χ0) is 15.2. The lowest BCUT2D eigenvalue weighted by Crippen LogP contribution is -2.27. The van der Waals surface area contributed by atoms with E-state index in [1.165, 1.54) is 6.42 Å². The molecule has 0 saturated heterocycles. The van der Waals surface area contributed by atoms with Crippen molar-refractivity contribution in [1.82, 2.24) is 5.43 Å². The van der Waals surface area contributed by atoms with Crippen LogP contribution in [0.3, 0.4) is 0 Å². The van der Waals surface area contributed by atoms with E-state index in [9.17, 15) is 4.79 Å². The summed E-state index contributed by atoms with van der Waals surface area (Å²) < 4.78 is 5.47. The van der Waals surface area contributed by atoms with Crippen molar-refractivity contribution in [2.24, 2.45) is 11.0 Å². The molecular formula is C16H21ClN2O2. The number of halogens is 1. The Hall–Kier alpha value is -1.55. The van der Waals surface area contributed by atoms with Gasteiger partial charge in [-0.15, -0.1) is 0 Å². The fourth-order valence-electron chi connectivity index (χ4n) is 2.45. The Kier molecular flexibility index (Phi) is 5.62. The summed E-state index contributed by atoms with van der Waals surface area (Å²) in [6.45, 7) is 4.06. The molecule has 1 saturated carbocycles. The summed E-state index contributed by atoms with van der Waals surface area (Å²) in [6, 6.07) is 5.31. The monoisotopic (exact) mass is 308 g/mol. The minimum absolute atomic E-state index is 0.0468. The smallest absolute Gasteiger partial charge is 0.277 e. The average molecular weight is 309 g/mol. The highest BCUT2D eigenvalue weighted by Crippen LogP contribution is 2.22. The fraction of sp³-hybridized carbons (Fsp3) is 0.500. The topological polar surface area (TPSA) is 50.7 Å². The normalized spacial score (nSPS) is 20.3. The van der Waals surface area contributed by atoms with E-state index in [0.717, 1.165) is 30.5 Å². The van der Waals surface area contributed by atoms with Crippen molar-refractivity contribution in [3.8, 4) is 5.75 Å². The van der Waals surface area contributed by atoms with Gasteiger partial charge in [-0.2, -0.15) is 5.10 Å². The van der Waals surface area contributed by atoms with Crippen LogP contribution in [0.1, 0.15) is 38.2 Å². The van der Waals surface area contributed by atoms with E-state index in [2.05, 4.69) is 17.5 Å². The second kappa shape index (κ2) is 7.46. The summed E-state index contributed by atoms with van der Waals surface area (Å²) in [5.74, 6) is 1.07. The molecule has 0 bridgehead atoms. The largest absolute Gasteiger partial charge is 0.483 e. The summed E-state index contributed by atoms with van der Waals surface area (Å²) in [6.07, 6.45) is 4.33. The number of benzene rings is 1. The van der Waals surface area contributed by atoms with Gasteiger partial charge in [0, 0.05) is 10.7 Å². The average Bonchev–Trinajstić information content (AvgIpc) is 2.44. The lowest BCUT2D eigenvalue weighted by molar-refractivity contribution is -0.123. The first-order valence-corrected chi connectivity index (χ1v) is 7.65. The van der Waals surface area contributed by atoms with Crippen molar-refractivity contribution in [1.29, 1.82) is 0 Å². The maximum atomic E-state index is 11.7. The summed E-state index contributed by atoms with van der Waals surface area (Å²) in [5.41, 5.74) is 4.55. The number of ether oxygens (including phenoxy) is 1. The van der Waals surface area contributed by atoms with E-state index in [1.807, 2.05) is 6.92 Å². The minimum Gasteiger partial charge on any atom is -0.483 e. The highest BCUT2D eigenvalue weighted by atomic mass is 35.5. The van der Waals surface area contributed by atoms with Crippen LogP contribution >= 0.6 is 11.6 Å². The van der Waals surface area contributed by atoms with Gasteiger partial charge in [0.25, 0.3) is 5.91 Å². The first-order valence-electron chi connectivity index (χ1n) is 7.28. The van der Waals surface area contributed by atoms with Crippen molar-refractivity contribution in [3.63, 3.8) is 0 Å². The van der Waals surface area contributed by atoms with Crippen LogP contribution in [0.5, 0.6) is 5.75 Å². The number of nitrogens with zero attached hydrogens (tertiary/aromatic N) is 1. The molecule has 1 amide bonds. The Bertz CT molecular complexity index is 543. The van der Waals surface area contributed by atoms with Crippen LogP contribution in [-0.2, 0) is 4.79 Å². The number of hydrogen-bond acceptors (Lipinski definition) is 3. The van der Waals surface area contributed by atoms with Gasteiger partial charge in [-0.3, -0.25) is 4.79 Å². The molecule has 1 aliphatic carbocycles. The maximum absolute atomic E-state index is 11.7. The van der Waals surface area contributed by atoms with E-state index in [0.29, 0.717) is 16.7 Å². The summed E-state index contributed by atoms with van der Waals surface area (Å²) in [4.78, 5) is 11.7. The molecule has 0 aromatic heterocycles. The molecule has 1 atom stereocenters. The van der Waals surface area contributed by atoms with Crippen LogP contribution in [0.25, 0.3) is 0 Å². The zero-order valence-corrected chi connectivity index (χ0v) is 13.2. The second-order valence-corrected chi connectivity index (χ2v) is 6.05. The molecule has 4 nitrogen and oxygen atoms in total. The third-order valence-electron chi connectivity index (χ3n) is 3.58. The summed E-state index contributed by atoms with van der Waals surface area (Å²) in [5, 5.41) is 4.85. The fourth-order valence-corrected chi connectivity index (χ4v) is 2.68. The van der Waals surface area contributed by atoms with Crippen molar-refractivity contribution in [2.45, 2.75) is 39.5 Å². The predicted molar refractivity (Wildman–Crippen MR) is 84.9 cm³/mol. The van der Waals surface area contributed by atoms with Gasteiger partial charge in [-0.1, -0.05) is 18.5 Å². The predicted octanol–water partition coefficient (Wildman–Crippen LogP) is 3.71. The number of hydrogen-bond donors (Lipinski definition) is 1. The van der Waals surface area contributed by atoms with Gasteiger partial charge in [0.2, 0.25) is 0 Å². The van der Waals surface area contributed by atoms with Crippen LogP contribution in [0.2, 0.25) is 5.02 Å². The summed E-state index contributed by atoms with van der Waals surface area (Å²) >= 11 is 5.87. The van der Waals surface area contributed by atoms with Crippen LogP contribution in [0.15, 0.2) is 23.3 Å². The van der Waals surface area contributed by atoms with Gasteiger partial charge in [-0.25, -0.2) is 5.43 Å². The SMILES string of the molecule is Cc1cc(Cl)ccc1OCC(=O)N/N=C1\CCCC(C)C1. The molecular weight excluding hydrogens is 288 g/mol. The van der Waals surface area contributed by atoms with Crippen LogP contribution in [0, 0.1) is 12.8 Å². The Labute approximate surface area is 130 Å². The number of carbonyl (C=O) groups excluding carboxylic acids is 1. The van der Waals surface area contributed by atoms with Crippen LogP contribution in [-0.4, -0.2) is 18.2 Å². The van der Waals surface area contributed by atoms with Gasteiger partial charge in [0.05, 0.1) is 0 Å². The van der Waals surface area contributed by atoms with Gasteiger partial charge >= 0.3 is 0 Å². The van der Waals surface area contributed by atoms with Gasteiger partial charge < -0.3 is 4.74 Å². The standard InChI is InChI=1S/C16H21ClN2O2/c1-11-4-3-5-14(8-11)18-19-16(20)10-21-15-7-6-13(17)9-12(15)2/h6-7,9,11H,3-5,8,10H2,1-2H3,(H,19,20)/b18-14+. The Morgan fingerprint density at radius 1 is 1.52 bits per heavy atom. The van der Waals surface area contributed by atoms with Gasteiger partial charge in [0.15, 0.2) is 6.61 Å². The molecule has 0 aliphatic heterocycles. The van der Waals surface area contributed by atoms with Crippen molar-refractivity contribution >= 4 is 23.2 Å². The Morgan fingerprint density at radius 2 is 2.33 bits per heavy atom. The molecule has 5 heteroatoms. The number of hydrazone groups is 1. The minimum atomic E-state index is -0.241. The molecule has 1 aliphatic rings. The molecule has 2 rings (SSSR count). The molecule has 114 valence electrons. The second-order valence-electron chi connectivity index (χ2n) is 5.61. The molecule has 0 heterocycles. The molecule has 1 fully saturated rings. The quantitative estimate of drug-likeness (QED) is 0.862. The first-order chi connectivity index (χ1) is 10.0. The van der Waals surface area contributed by atoms with Gasteiger partial charge in [0.1, 0.15) is 5.75 Å². The van der Waals surface area contributed by atoms with Crippen molar-refractivity contribution < 1.29 is 9.53 Å². The van der Waals surface area contributed by atoms with Gasteiger partial charge in [-0.05, 0) is 62.3 Å². The van der Waals surface area contributed by atoms with Crippen molar-refractivity contribution in [2.75, 3.05) is 6.61 Å². The highest BCUT2D eigenvalue weighted by molar-refractivity contribution is 6.30. The third kappa shape index (κ3) is 5.05. The van der Waals surface area contributed by atoms with E-state index in [-0.39, 0.29) is 12.5 Å². The lowest BCUT2D eigenvalue weighted by Gasteiger charge is -2.18. The zero-order valence-electron chi connectivity index (χ0n) is 12.5. The van der Waals surface area contributed by atoms with Crippen molar-refractivity contribution in [3.05, 3.63) is 28.8 Å². The summed E-state index contributed by atoms with van der Waals surface area (Å²) in [7, 11) is 0. The molecule has 0 radical (unpaired) electrons. The van der Waals surface area contributed by atoms with Crippen LogP contribution < -0.4 is 10.2 Å². The molecule has 1 unspecified atom stereocenters. The maximum Gasteiger partial charge on any atom is 0.277 e. The van der Waals surface area contributed by atoms with E-state index in [1.54, 1.807) is 18.2 Å². The Balaban J connectivity index is 1.80. The molecule has 1 aromatic carbocycles. The Morgan fingerprint density at radius 3 is 3.05 bits per heavy atom. The molecule has 1 N–H and O–H groups in total. The lowest BCUT2D eigenvalue weighted by atomic mass is 9.89. The number of rotatable bonds is 4. The molecule has 0 spiro atoms. The number of carbonyl (C=O) groups is 1. The van der Waals surface area contributed by atoms with Crippen LogP contribution in [0.4, 0.5) is 0 Å². The number of amides is 1. The third-order valence-corrected chi connectivity index (χ3v) is 3.82. The highest BCUT2D eigenvalue weighted by Gasteiger charge is 2.14. The van der Waals surface area contributed by atoms with E-state index < -0.39 is 0 Å². The van der Waals surface area contributed by atoms with E-state index in [4.69, 9.17) is 16.3 Å². The first kappa shape index (κ1) is 15.8. The number of nitrogens with one attached hydrogen (secondary N) is 1. The molecule has 21 heavy (non-hydrogen) atoms. The molecule has 1 aromatic rings.